The number of benzene rings is 1. The van der Waals surface area contributed by atoms with Crippen LogP contribution in [0.2, 0.25) is 0 Å². The molecule has 1 aliphatic rings. The van der Waals surface area contributed by atoms with Crippen molar-refractivity contribution in [3.05, 3.63) is 35.4 Å². The molecule has 0 bridgehead atoms. The Morgan fingerprint density at radius 2 is 2.22 bits per heavy atom. The number of nitriles is 1. The fraction of sp³-hybridized carbons (Fsp3) is 0.429. The molecule has 0 radical (unpaired) electrons. The van der Waals surface area contributed by atoms with E-state index in [1.807, 2.05) is 36.0 Å². The molecule has 0 spiro atoms. The molecule has 0 amide bonds. The Labute approximate surface area is 112 Å². The summed E-state index contributed by atoms with van der Waals surface area (Å²) >= 11 is 1.85. The van der Waals surface area contributed by atoms with Crippen LogP contribution in [-0.2, 0) is 6.54 Å². The smallest absolute Gasteiger partial charge is 0.157 e. The van der Waals surface area contributed by atoms with Gasteiger partial charge in [-0.15, -0.1) is 0 Å². The van der Waals surface area contributed by atoms with Crippen molar-refractivity contribution in [1.82, 2.24) is 5.32 Å². The van der Waals surface area contributed by atoms with E-state index in [-0.39, 0.29) is 0 Å². The molecule has 3 nitrogen and oxygen atoms in total. The lowest BCUT2D eigenvalue weighted by atomic mass is 10.1. The van der Waals surface area contributed by atoms with E-state index >= 15 is 0 Å². The first kappa shape index (κ1) is 13.0. The summed E-state index contributed by atoms with van der Waals surface area (Å²) in [6.45, 7) is 3.92. The second kappa shape index (κ2) is 6.46. The minimum atomic E-state index is 0.651. The van der Waals surface area contributed by atoms with Gasteiger partial charge in [0.05, 0.1) is 18.2 Å². The minimum absolute atomic E-state index is 0.651. The second-order valence-corrected chi connectivity index (χ2v) is 5.63. The molecular formula is C14H17N3S. The molecule has 0 fully saturated rings. The van der Waals surface area contributed by atoms with Gasteiger partial charge in [0, 0.05) is 11.8 Å². The maximum absolute atomic E-state index is 8.72. The van der Waals surface area contributed by atoms with Crippen molar-refractivity contribution in [2.45, 2.75) is 31.6 Å². The molecule has 1 aromatic carbocycles. The number of amidine groups is 1. The van der Waals surface area contributed by atoms with Crippen LogP contribution in [0.15, 0.2) is 29.3 Å². The highest BCUT2D eigenvalue weighted by molar-refractivity contribution is 8.14. The Morgan fingerprint density at radius 3 is 2.89 bits per heavy atom. The zero-order valence-corrected chi connectivity index (χ0v) is 11.3. The Hall–Kier alpha value is -1.47. The number of hydrogen-bond donors (Lipinski definition) is 1. The zero-order valence-electron chi connectivity index (χ0n) is 10.5. The van der Waals surface area contributed by atoms with E-state index in [1.54, 1.807) is 0 Å². The first-order valence-corrected chi connectivity index (χ1v) is 7.13. The van der Waals surface area contributed by atoms with Gasteiger partial charge in [-0.1, -0.05) is 37.2 Å². The molecule has 2 rings (SSSR count). The highest BCUT2D eigenvalue weighted by atomic mass is 32.2. The largest absolute Gasteiger partial charge is 0.361 e. The van der Waals surface area contributed by atoms with Crippen molar-refractivity contribution < 1.29 is 0 Å². The van der Waals surface area contributed by atoms with Crippen molar-refractivity contribution in [1.29, 1.82) is 5.26 Å². The summed E-state index contributed by atoms with van der Waals surface area (Å²) in [4.78, 5) is 4.50. The SMILES string of the molecule is CCCC1CN=C(NCc2ccc(C#N)cc2)S1. The Morgan fingerprint density at radius 1 is 1.44 bits per heavy atom. The van der Waals surface area contributed by atoms with Crippen molar-refractivity contribution in [3.8, 4) is 6.07 Å². The van der Waals surface area contributed by atoms with Crippen LogP contribution in [0.25, 0.3) is 0 Å². The van der Waals surface area contributed by atoms with E-state index in [1.165, 1.54) is 18.4 Å². The molecule has 1 unspecified atom stereocenters. The number of aliphatic imine (C=N–C) groups is 1. The van der Waals surface area contributed by atoms with Crippen LogP contribution in [0.5, 0.6) is 0 Å². The lowest BCUT2D eigenvalue weighted by Gasteiger charge is -2.08. The van der Waals surface area contributed by atoms with Gasteiger partial charge in [-0.05, 0) is 24.1 Å². The fourth-order valence-corrected chi connectivity index (χ4v) is 2.98. The van der Waals surface area contributed by atoms with E-state index in [2.05, 4.69) is 23.3 Å². The molecule has 4 heteroatoms. The quantitative estimate of drug-likeness (QED) is 0.904. The first-order valence-electron chi connectivity index (χ1n) is 6.26. The predicted octanol–water partition coefficient (Wildman–Crippen LogP) is 2.92. The van der Waals surface area contributed by atoms with E-state index in [9.17, 15) is 0 Å². The lowest BCUT2D eigenvalue weighted by molar-refractivity contribution is 0.753. The third-order valence-electron chi connectivity index (χ3n) is 2.85. The Kier molecular flexibility index (Phi) is 4.66. The average molecular weight is 259 g/mol. The number of nitrogens with one attached hydrogen (secondary N) is 1. The topological polar surface area (TPSA) is 48.2 Å². The van der Waals surface area contributed by atoms with Gasteiger partial charge in [0.15, 0.2) is 5.17 Å². The molecule has 18 heavy (non-hydrogen) atoms. The van der Waals surface area contributed by atoms with Crippen LogP contribution in [0.4, 0.5) is 0 Å². The number of thioether (sulfide) groups is 1. The summed E-state index contributed by atoms with van der Waals surface area (Å²) in [6, 6.07) is 9.78. The van der Waals surface area contributed by atoms with E-state index in [0.717, 1.165) is 18.3 Å². The molecule has 1 aliphatic heterocycles. The fourth-order valence-electron chi connectivity index (χ4n) is 1.86. The minimum Gasteiger partial charge on any atom is -0.361 e. The van der Waals surface area contributed by atoms with Gasteiger partial charge in [-0.25, -0.2) is 0 Å². The van der Waals surface area contributed by atoms with Crippen molar-refractivity contribution in [3.63, 3.8) is 0 Å². The standard InChI is InChI=1S/C14H17N3S/c1-2-3-13-10-17-14(18-13)16-9-12-6-4-11(8-15)5-7-12/h4-7,13H,2-3,9-10H2,1H3,(H,16,17). The zero-order chi connectivity index (χ0) is 12.8. The molecule has 0 saturated carbocycles. The van der Waals surface area contributed by atoms with E-state index < -0.39 is 0 Å². The lowest BCUT2D eigenvalue weighted by Crippen LogP contribution is -2.18. The average Bonchev–Trinajstić information content (AvgIpc) is 2.85. The van der Waals surface area contributed by atoms with Crippen LogP contribution >= 0.6 is 11.8 Å². The molecule has 0 saturated heterocycles. The van der Waals surface area contributed by atoms with Crippen LogP contribution in [0.3, 0.4) is 0 Å². The highest BCUT2D eigenvalue weighted by Crippen LogP contribution is 2.23. The van der Waals surface area contributed by atoms with Crippen molar-refractivity contribution in [2.24, 2.45) is 4.99 Å². The summed E-state index contributed by atoms with van der Waals surface area (Å²) in [5.41, 5.74) is 1.88. The number of nitrogens with zero attached hydrogens (tertiary/aromatic N) is 2. The first-order chi connectivity index (χ1) is 8.81. The van der Waals surface area contributed by atoms with Crippen LogP contribution in [-0.4, -0.2) is 17.0 Å². The molecule has 0 aromatic heterocycles. The molecule has 1 aromatic rings. The van der Waals surface area contributed by atoms with Crippen molar-refractivity contribution >= 4 is 16.9 Å². The third kappa shape index (κ3) is 3.51. The van der Waals surface area contributed by atoms with Gasteiger partial charge in [0.25, 0.3) is 0 Å². The number of hydrogen-bond acceptors (Lipinski definition) is 4. The molecule has 1 heterocycles. The summed E-state index contributed by atoms with van der Waals surface area (Å²) in [5.74, 6) is 0. The maximum Gasteiger partial charge on any atom is 0.157 e. The summed E-state index contributed by atoms with van der Waals surface area (Å²) in [7, 11) is 0. The normalized spacial score (nSPS) is 18.2. The van der Waals surface area contributed by atoms with Gasteiger partial charge >= 0.3 is 0 Å². The highest BCUT2D eigenvalue weighted by Gasteiger charge is 2.17. The van der Waals surface area contributed by atoms with Gasteiger partial charge in [-0.2, -0.15) is 5.26 Å². The summed E-state index contributed by atoms with van der Waals surface area (Å²) in [6.07, 6.45) is 2.45. The van der Waals surface area contributed by atoms with Crippen LogP contribution in [0, 0.1) is 11.3 Å². The molecule has 1 atom stereocenters. The molecular weight excluding hydrogens is 242 g/mol. The summed E-state index contributed by atoms with van der Waals surface area (Å²) < 4.78 is 0. The van der Waals surface area contributed by atoms with Crippen molar-refractivity contribution in [2.75, 3.05) is 6.54 Å². The third-order valence-corrected chi connectivity index (χ3v) is 4.07. The molecule has 0 aliphatic carbocycles. The van der Waals surface area contributed by atoms with Gasteiger partial charge < -0.3 is 5.32 Å². The maximum atomic E-state index is 8.72. The second-order valence-electron chi connectivity index (χ2n) is 4.34. The monoisotopic (exact) mass is 259 g/mol. The Balaban J connectivity index is 1.80. The number of rotatable bonds is 4. The van der Waals surface area contributed by atoms with Crippen LogP contribution in [0.1, 0.15) is 30.9 Å². The van der Waals surface area contributed by atoms with Gasteiger partial charge in [-0.3, -0.25) is 4.99 Å². The molecule has 94 valence electrons. The van der Waals surface area contributed by atoms with Crippen LogP contribution < -0.4 is 5.32 Å². The van der Waals surface area contributed by atoms with Gasteiger partial charge in [0.2, 0.25) is 0 Å². The van der Waals surface area contributed by atoms with E-state index in [4.69, 9.17) is 5.26 Å². The molecule has 1 N–H and O–H groups in total. The van der Waals surface area contributed by atoms with E-state index in [0.29, 0.717) is 10.8 Å². The summed E-state index contributed by atoms with van der Waals surface area (Å²) in [5, 5.41) is 13.8. The van der Waals surface area contributed by atoms with Gasteiger partial charge in [0.1, 0.15) is 0 Å². The predicted molar refractivity (Wildman–Crippen MR) is 76.6 cm³/mol. The Bertz CT molecular complexity index is 459.